The van der Waals surface area contributed by atoms with E-state index in [1.807, 2.05) is 37.3 Å². The van der Waals surface area contributed by atoms with Gasteiger partial charge in [-0.25, -0.2) is 4.79 Å². The van der Waals surface area contributed by atoms with E-state index < -0.39 is 0 Å². The Bertz CT molecular complexity index is 429. The molecule has 1 aliphatic carbocycles. The first-order chi connectivity index (χ1) is 8.81. The van der Waals surface area contributed by atoms with Crippen LogP contribution < -0.4 is 5.32 Å². The van der Waals surface area contributed by atoms with Crippen molar-refractivity contribution in [2.45, 2.75) is 32.6 Å². The highest BCUT2D eigenvalue weighted by atomic mass is 16.5. The number of ether oxygens (including phenoxy) is 1. The fraction of sp³-hybridized carbons (Fsp3) is 0.400. The second-order valence-electron chi connectivity index (χ2n) is 4.40. The van der Waals surface area contributed by atoms with Gasteiger partial charge in [0.2, 0.25) is 0 Å². The minimum Gasteiger partial charge on any atom is -0.461 e. The van der Waals surface area contributed by atoms with Crippen LogP contribution in [0.3, 0.4) is 0 Å². The Morgan fingerprint density at radius 1 is 1.22 bits per heavy atom. The molecule has 0 spiro atoms. The number of esters is 1. The minimum absolute atomic E-state index is 0.238. The van der Waals surface area contributed by atoms with E-state index in [1.54, 1.807) is 0 Å². The molecule has 3 nitrogen and oxygen atoms in total. The highest BCUT2D eigenvalue weighted by molar-refractivity contribution is 5.92. The number of allylic oxidation sites excluding steroid dienone is 1. The molecule has 1 aliphatic rings. The van der Waals surface area contributed by atoms with Gasteiger partial charge in [0.25, 0.3) is 0 Å². The van der Waals surface area contributed by atoms with E-state index >= 15 is 0 Å². The number of hydrogen-bond acceptors (Lipinski definition) is 3. The molecule has 0 atom stereocenters. The topological polar surface area (TPSA) is 38.3 Å². The number of rotatable bonds is 4. The first kappa shape index (κ1) is 12.7. The fourth-order valence-electron chi connectivity index (χ4n) is 2.20. The third-order valence-corrected chi connectivity index (χ3v) is 3.08. The third kappa shape index (κ3) is 3.13. The average molecular weight is 245 g/mol. The van der Waals surface area contributed by atoms with Crippen molar-refractivity contribution in [1.29, 1.82) is 0 Å². The summed E-state index contributed by atoms with van der Waals surface area (Å²) in [4.78, 5) is 12.0. The summed E-state index contributed by atoms with van der Waals surface area (Å²) in [5, 5.41) is 3.21. The van der Waals surface area contributed by atoms with E-state index in [4.69, 9.17) is 4.74 Å². The third-order valence-electron chi connectivity index (χ3n) is 3.08. The second kappa shape index (κ2) is 6.24. The summed E-state index contributed by atoms with van der Waals surface area (Å²) < 4.78 is 5.13. The van der Waals surface area contributed by atoms with Crippen molar-refractivity contribution in [3.8, 4) is 0 Å². The number of nitrogens with one attached hydrogen (secondary N) is 1. The van der Waals surface area contributed by atoms with Crippen LogP contribution in [0.15, 0.2) is 41.6 Å². The Hall–Kier alpha value is -1.77. The zero-order chi connectivity index (χ0) is 12.8. The van der Waals surface area contributed by atoms with Crippen molar-refractivity contribution in [2.24, 2.45) is 0 Å². The van der Waals surface area contributed by atoms with Crippen LogP contribution >= 0.6 is 0 Å². The lowest BCUT2D eigenvalue weighted by Gasteiger charge is -2.13. The molecule has 0 unspecified atom stereocenters. The summed E-state index contributed by atoms with van der Waals surface area (Å²) in [5.74, 6) is -0.238. The maximum atomic E-state index is 12.0. The van der Waals surface area contributed by atoms with Crippen LogP contribution in [-0.2, 0) is 9.53 Å². The van der Waals surface area contributed by atoms with Gasteiger partial charge in [-0.2, -0.15) is 0 Å². The van der Waals surface area contributed by atoms with E-state index in [0.29, 0.717) is 12.3 Å². The molecule has 1 N–H and O–H groups in total. The van der Waals surface area contributed by atoms with Gasteiger partial charge >= 0.3 is 5.97 Å². The highest BCUT2D eigenvalue weighted by Gasteiger charge is 2.19. The van der Waals surface area contributed by atoms with Gasteiger partial charge < -0.3 is 10.1 Å². The monoisotopic (exact) mass is 245 g/mol. The minimum atomic E-state index is -0.238. The number of hydrogen-bond donors (Lipinski definition) is 1. The summed E-state index contributed by atoms with van der Waals surface area (Å²) >= 11 is 0. The summed E-state index contributed by atoms with van der Waals surface area (Å²) in [6.07, 6.45) is 4.31. The van der Waals surface area contributed by atoms with Gasteiger partial charge in [0.1, 0.15) is 5.70 Å². The molecule has 0 radical (unpaired) electrons. The molecule has 2 rings (SSSR count). The van der Waals surface area contributed by atoms with Gasteiger partial charge in [0, 0.05) is 5.69 Å². The zero-order valence-electron chi connectivity index (χ0n) is 10.7. The Morgan fingerprint density at radius 2 is 1.89 bits per heavy atom. The molecule has 3 heteroatoms. The number of carbonyl (C=O) groups excluding carboxylic acids is 1. The summed E-state index contributed by atoms with van der Waals surface area (Å²) in [5.41, 5.74) is 2.76. The summed E-state index contributed by atoms with van der Waals surface area (Å²) in [7, 11) is 0. The van der Waals surface area contributed by atoms with Crippen molar-refractivity contribution >= 4 is 11.7 Å². The fourth-order valence-corrected chi connectivity index (χ4v) is 2.20. The standard InChI is InChI=1S/C15H19NO2/c1-2-18-15(17)14(12-8-6-7-9-12)16-13-10-4-3-5-11-13/h3-5,10-11,16H,2,6-9H2,1H3. The van der Waals surface area contributed by atoms with Crippen LogP contribution in [0, 0.1) is 0 Å². The zero-order valence-corrected chi connectivity index (χ0v) is 10.7. The van der Waals surface area contributed by atoms with Gasteiger partial charge in [-0.15, -0.1) is 0 Å². The predicted molar refractivity (Wildman–Crippen MR) is 72.2 cm³/mol. The van der Waals surface area contributed by atoms with Crippen LogP contribution in [-0.4, -0.2) is 12.6 Å². The normalized spacial score (nSPS) is 14.4. The molecule has 96 valence electrons. The molecular formula is C15H19NO2. The number of carbonyl (C=O) groups is 1. The molecule has 0 aliphatic heterocycles. The lowest BCUT2D eigenvalue weighted by molar-refractivity contribution is -0.138. The molecule has 1 aromatic rings. The van der Waals surface area contributed by atoms with E-state index in [1.165, 1.54) is 5.57 Å². The van der Waals surface area contributed by atoms with E-state index in [-0.39, 0.29) is 5.97 Å². The van der Waals surface area contributed by atoms with Crippen LogP contribution in [0.25, 0.3) is 0 Å². The number of anilines is 1. The molecule has 18 heavy (non-hydrogen) atoms. The van der Waals surface area contributed by atoms with E-state index in [2.05, 4.69) is 5.32 Å². The number of benzene rings is 1. The molecule has 1 aromatic carbocycles. The smallest absolute Gasteiger partial charge is 0.354 e. The maximum Gasteiger partial charge on any atom is 0.354 e. The summed E-state index contributed by atoms with van der Waals surface area (Å²) in [6.45, 7) is 2.24. The Balaban J connectivity index is 2.20. The maximum absolute atomic E-state index is 12.0. The first-order valence-corrected chi connectivity index (χ1v) is 6.52. The van der Waals surface area contributed by atoms with Crippen molar-refractivity contribution in [2.75, 3.05) is 11.9 Å². The van der Waals surface area contributed by atoms with Crippen molar-refractivity contribution in [3.05, 3.63) is 41.6 Å². The van der Waals surface area contributed by atoms with Gasteiger partial charge in [0.15, 0.2) is 0 Å². The molecule has 0 saturated heterocycles. The Labute approximate surface area is 108 Å². The lowest BCUT2D eigenvalue weighted by atomic mass is 10.1. The van der Waals surface area contributed by atoms with Gasteiger partial charge in [0.05, 0.1) is 6.61 Å². The number of para-hydroxylation sites is 1. The van der Waals surface area contributed by atoms with Crippen LogP contribution in [0.2, 0.25) is 0 Å². The van der Waals surface area contributed by atoms with Gasteiger partial charge in [-0.05, 0) is 50.3 Å². The van der Waals surface area contributed by atoms with Crippen LogP contribution in [0.4, 0.5) is 5.69 Å². The van der Waals surface area contributed by atoms with Crippen molar-refractivity contribution in [1.82, 2.24) is 0 Å². The highest BCUT2D eigenvalue weighted by Crippen LogP contribution is 2.28. The molecule has 0 heterocycles. The molecule has 0 amide bonds. The van der Waals surface area contributed by atoms with Crippen LogP contribution in [0.1, 0.15) is 32.6 Å². The van der Waals surface area contributed by atoms with Gasteiger partial charge in [-0.1, -0.05) is 18.2 Å². The Morgan fingerprint density at radius 3 is 2.50 bits per heavy atom. The van der Waals surface area contributed by atoms with E-state index in [0.717, 1.165) is 31.4 Å². The second-order valence-corrected chi connectivity index (χ2v) is 4.40. The SMILES string of the molecule is CCOC(=O)C(Nc1ccccc1)=C1CCCC1. The predicted octanol–water partition coefficient (Wildman–Crippen LogP) is 3.49. The molecule has 0 aromatic heterocycles. The first-order valence-electron chi connectivity index (χ1n) is 6.52. The molecule has 1 fully saturated rings. The average Bonchev–Trinajstić information content (AvgIpc) is 2.91. The van der Waals surface area contributed by atoms with Gasteiger partial charge in [-0.3, -0.25) is 0 Å². The lowest BCUT2D eigenvalue weighted by Crippen LogP contribution is -2.16. The Kier molecular flexibility index (Phi) is 4.40. The molecule has 1 saturated carbocycles. The quantitative estimate of drug-likeness (QED) is 0.652. The molecule has 0 bridgehead atoms. The van der Waals surface area contributed by atoms with Crippen LogP contribution in [0.5, 0.6) is 0 Å². The largest absolute Gasteiger partial charge is 0.461 e. The summed E-state index contributed by atoms with van der Waals surface area (Å²) in [6, 6.07) is 9.76. The van der Waals surface area contributed by atoms with Crippen molar-refractivity contribution < 1.29 is 9.53 Å². The molecular weight excluding hydrogens is 226 g/mol. The van der Waals surface area contributed by atoms with E-state index in [9.17, 15) is 4.79 Å². The van der Waals surface area contributed by atoms with Crippen molar-refractivity contribution in [3.63, 3.8) is 0 Å².